The zero-order valence-electron chi connectivity index (χ0n) is 17.2. The molecule has 5 rings (SSSR count). The van der Waals surface area contributed by atoms with Gasteiger partial charge in [-0.1, -0.05) is 13.8 Å². The topological polar surface area (TPSA) is 74.3 Å². The molecule has 0 atom stereocenters. The van der Waals surface area contributed by atoms with E-state index in [1.54, 1.807) is 4.90 Å². The SMILES string of the molecule is Cc1csc(NC(=O)CN(CC(C)C)C(=O)NC23CC4CC(CC(C4)C2)C3)n1. The van der Waals surface area contributed by atoms with Gasteiger partial charge in [-0.3, -0.25) is 4.79 Å². The molecule has 0 radical (unpaired) electrons. The Morgan fingerprint density at radius 1 is 1.21 bits per heavy atom. The third kappa shape index (κ3) is 4.34. The Morgan fingerprint density at radius 2 is 1.82 bits per heavy atom. The summed E-state index contributed by atoms with van der Waals surface area (Å²) in [6, 6.07) is -0.0823. The molecule has 4 aliphatic carbocycles. The molecule has 1 aromatic heterocycles. The lowest BCUT2D eigenvalue weighted by Gasteiger charge is -2.57. The van der Waals surface area contributed by atoms with Gasteiger partial charge in [0.15, 0.2) is 5.13 Å². The molecule has 0 unspecified atom stereocenters. The van der Waals surface area contributed by atoms with Crippen molar-refractivity contribution in [1.82, 2.24) is 15.2 Å². The molecule has 3 amide bonds. The second-order valence-corrected chi connectivity index (χ2v) is 10.6. The Bertz CT molecular complexity index is 709. The van der Waals surface area contributed by atoms with Crippen molar-refractivity contribution in [2.45, 2.75) is 64.8 Å². The predicted octanol–water partition coefficient (Wildman–Crippen LogP) is 4.03. The van der Waals surface area contributed by atoms with Crippen molar-refractivity contribution in [2.24, 2.45) is 23.7 Å². The summed E-state index contributed by atoms with van der Waals surface area (Å²) in [5, 5.41) is 8.72. The van der Waals surface area contributed by atoms with E-state index in [2.05, 4.69) is 29.5 Å². The molecule has 6 nitrogen and oxygen atoms in total. The second kappa shape index (κ2) is 7.65. The zero-order chi connectivity index (χ0) is 19.9. The van der Waals surface area contributed by atoms with E-state index >= 15 is 0 Å². The van der Waals surface area contributed by atoms with Crippen molar-refractivity contribution in [2.75, 3.05) is 18.4 Å². The van der Waals surface area contributed by atoms with Crippen LogP contribution in [-0.4, -0.2) is 40.5 Å². The van der Waals surface area contributed by atoms with E-state index < -0.39 is 0 Å². The van der Waals surface area contributed by atoms with Gasteiger partial charge in [0.2, 0.25) is 5.91 Å². The van der Waals surface area contributed by atoms with Crippen LogP contribution in [0.3, 0.4) is 0 Å². The van der Waals surface area contributed by atoms with Crippen LogP contribution in [0.2, 0.25) is 0 Å². The molecule has 0 aromatic carbocycles. The van der Waals surface area contributed by atoms with Crippen molar-refractivity contribution in [3.8, 4) is 0 Å². The lowest BCUT2D eigenvalue weighted by Crippen LogP contribution is -2.62. The van der Waals surface area contributed by atoms with E-state index in [1.165, 1.54) is 30.6 Å². The molecule has 2 N–H and O–H groups in total. The van der Waals surface area contributed by atoms with E-state index in [0.717, 1.165) is 42.7 Å². The molecular weight excluding hydrogens is 372 g/mol. The fourth-order valence-electron chi connectivity index (χ4n) is 5.97. The Balaban J connectivity index is 1.40. The normalized spacial score (nSPS) is 30.5. The molecule has 4 aliphatic rings. The summed E-state index contributed by atoms with van der Waals surface area (Å²) in [4.78, 5) is 31.7. The Kier molecular flexibility index (Phi) is 5.38. The Hall–Kier alpha value is -1.63. The first-order valence-electron chi connectivity index (χ1n) is 10.6. The minimum absolute atomic E-state index is 0.0377. The highest BCUT2D eigenvalue weighted by atomic mass is 32.1. The van der Waals surface area contributed by atoms with Gasteiger partial charge in [0, 0.05) is 17.5 Å². The first-order chi connectivity index (χ1) is 13.3. The molecule has 1 aromatic rings. The maximum Gasteiger partial charge on any atom is 0.318 e. The van der Waals surface area contributed by atoms with Crippen LogP contribution in [0.25, 0.3) is 0 Å². The highest BCUT2D eigenvalue weighted by Crippen LogP contribution is 2.55. The van der Waals surface area contributed by atoms with Crippen LogP contribution in [-0.2, 0) is 4.79 Å². The van der Waals surface area contributed by atoms with Crippen LogP contribution in [0, 0.1) is 30.6 Å². The predicted molar refractivity (Wildman–Crippen MR) is 111 cm³/mol. The highest BCUT2D eigenvalue weighted by molar-refractivity contribution is 7.13. The molecule has 7 heteroatoms. The van der Waals surface area contributed by atoms with Gasteiger partial charge in [-0.25, -0.2) is 9.78 Å². The molecule has 4 fully saturated rings. The van der Waals surface area contributed by atoms with Gasteiger partial charge in [-0.05, 0) is 69.1 Å². The van der Waals surface area contributed by atoms with Gasteiger partial charge in [-0.2, -0.15) is 0 Å². The Labute approximate surface area is 171 Å². The lowest BCUT2D eigenvalue weighted by atomic mass is 9.53. The number of anilines is 1. The standard InChI is InChI=1S/C21H32N4O2S/c1-13(2)10-25(11-18(26)23-19-22-14(3)12-28-19)20(27)24-21-7-15-4-16(8-21)6-17(5-15)9-21/h12-13,15-17H,4-11H2,1-3H3,(H,24,27)(H,22,23,26). The van der Waals surface area contributed by atoms with Crippen LogP contribution in [0.5, 0.6) is 0 Å². The molecular formula is C21H32N4O2S. The monoisotopic (exact) mass is 404 g/mol. The average molecular weight is 405 g/mol. The van der Waals surface area contributed by atoms with Gasteiger partial charge in [-0.15, -0.1) is 11.3 Å². The van der Waals surface area contributed by atoms with E-state index in [9.17, 15) is 9.59 Å². The van der Waals surface area contributed by atoms with Gasteiger partial charge in [0.1, 0.15) is 6.54 Å². The van der Waals surface area contributed by atoms with Crippen molar-refractivity contribution in [3.05, 3.63) is 11.1 Å². The number of nitrogens with one attached hydrogen (secondary N) is 2. The summed E-state index contributed by atoms with van der Waals surface area (Å²) in [5.74, 6) is 2.46. The number of hydrogen-bond acceptors (Lipinski definition) is 4. The van der Waals surface area contributed by atoms with Crippen molar-refractivity contribution in [3.63, 3.8) is 0 Å². The molecule has 28 heavy (non-hydrogen) atoms. The molecule has 0 aliphatic heterocycles. The molecule has 0 spiro atoms. The fraction of sp³-hybridized carbons (Fsp3) is 0.762. The molecule has 154 valence electrons. The van der Waals surface area contributed by atoms with Crippen LogP contribution < -0.4 is 10.6 Å². The van der Waals surface area contributed by atoms with Crippen molar-refractivity contribution >= 4 is 28.4 Å². The van der Waals surface area contributed by atoms with Crippen LogP contribution >= 0.6 is 11.3 Å². The minimum Gasteiger partial charge on any atom is -0.333 e. The average Bonchev–Trinajstić information content (AvgIpc) is 2.96. The zero-order valence-corrected chi connectivity index (χ0v) is 18.0. The molecule has 1 heterocycles. The number of thiazole rings is 1. The molecule has 0 saturated heterocycles. The number of nitrogens with zero attached hydrogens (tertiary/aromatic N) is 2. The second-order valence-electron chi connectivity index (χ2n) is 9.74. The largest absolute Gasteiger partial charge is 0.333 e. The number of carbonyl (C=O) groups excluding carboxylic acids is 2. The van der Waals surface area contributed by atoms with Crippen LogP contribution in [0.4, 0.5) is 9.93 Å². The van der Waals surface area contributed by atoms with Crippen LogP contribution in [0.1, 0.15) is 58.1 Å². The maximum atomic E-state index is 13.2. The first-order valence-corrected chi connectivity index (χ1v) is 11.5. The van der Waals surface area contributed by atoms with E-state index in [1.807, 2.05) is 12.3 Å². The number of urea groups is 1. The fourth-order valence-corrected chi connectivity index (χ4v) is 6.68. The maximum absolute atomic E-state index is 13.2. The number of hydrogen-bond donors (Lipinski definition) is 2. The van der Waals surface area contributed by atoms with Gasteiger partial charge >= 0.3 is 6.03 Å². The Morgan fingerprint density at radius 3 is 2.32 bits per heavy atom. The summed E-state index contributed by atoms with van der Waals surface area (Å²) < 4.78 is 0. The van der Waals surface area contributed by atoms with Gasteiger partial charge in [0.25, 0.3) is 0 Å². The summed E-state index contributed by atoms with van der Waals surface area (Å²) >= 11 is 1.41. The highest BCUT2D eigenvalue weighted by Gasteiger charge is 2.51. The summed E-state index contributed by atoms with van der Waals surface area (Å²) in [6.07, 6.45) is 7.39. The lowest BCUT2D eigenvalue weighted by molar-refractivity contribution is -0.117. The number of amides is 3. The third-order valence-corrected chi connectivity index (χ3v) is 7.36. The quantitative estimate of drug-likeness (QED) is 0.752. The smallest absolute Gasteiger partial charge is 0.318 e. The summed E-state index contributed by atoms with van der Waals surface area (Å²) in [6.45, 7) is 6.69. The number of rotatable bonds is 6. The molecule has 4 saturated carbocycles. The number of aromatic nitrogens is 1. The summed E-state index contributed by atoms with van der Waals surface area (Å²) in [5.41, 5.74) is 0.850. The third-order valence-electron chi connectivity index (χ3n) is 6.48. The number of carbonyl (C=O) groups is 2. The summed E-state index contributed by atoms with van der Waals surface area (Å²) in [7, 11) is 0. The first kappa shape index (κ1) is 19.7. The van der Waals surface area contributed by atoms with E-state index in [0.29, 0.717) is 17.6 Å². The van der Waals surface area contributed by atoms with E-state index in [-0.39, 0.29) is 24.0 Å². The van der Waals surface area contributed by atoms with Gasteiger partial charge in [0.05, 0.1) is 5.69 Å². The number of aryl methyl sites for hydroxylation is 1. The van der Waals surface area contributed by atoms with Crippen molar-refractivity contribution in [1.29, 1.82) is 0 Å². The minimum atomic E-state index is -0.185. The van der Waals surface area contributed by atoms with E-state index in [4.69, 9.17) is 0 Å². The van der Waals surface area contributed by atoms with Gasteiger partial charge < -0.3 is 15.5 Å². The molecule has 4 bridgehead atoms. The van der Waals surface area contributed by atoms with Crippen LogP contribution in [0.15, 0.2) is 5.38 Å². The van der Waals surface area contributed by atoms with Crippen molar-refractivity contribution < 1.29 is 9.59 Å².